The lowest BCUT2D eigenvalue weighted by Gasteiger charge is -2.27. The Morgan fingerprint density at radius 1 is 1.35 bits per heavy atom. The van der Waals surface area contributed by atoms with E-state index in [1.54, 1.807) is 7.11 Å². The van der Waals surface area contributed by atoms with Crippen LogP contribution in [0.4, 0.5) is 0 Å². The summed E-state index contributed by atoms with van der Waals surface area (Å²) >= 11 is 3.49. The minimum atomic E-state index is -0.566. The molecule has 17 heavy (non-hydrogen) atoms. The number of hydrogen-bond acceptors (Lipinski definition) is 3. The first-order valence-electron chi connectivity index (χ1n) is 5.84. The Kier molecular flexibility index (Phi) is 4.07. The monoisotopic (exact) mass is 300 g/mol. The van der Waals surface area contributed by atoms with Gasteiger partial charge in [-0.2, -0.15) is 0 Å². The maximum Gasteiger partial charge on any atom is 0.195 e. The highest BCUT2D eigenvalue weighted by Crippen LogP contribution is 2.38. The zero-order valence-electron chi connectivity index (χ0n) is 10.2. The van der Waals surface area contributed by atoms with Crippen LogP contribution in [0.5, 0.6) is 5.75 Å². The van der Waals surface area contributed by atoms with E-state index in [9.17, 15) is 0 Å². The number of halogens is 1. The van der Waals surface area contributed by atoms with Gasteiger partial charge in [-0.3, -0.25) is 0 Å². The first-order chi connectivity index (χ1) is 8.22. The van der Waals surface area contributed by atoms with Crippen LogP contribution in [0.2, 0.25) is 0 Å². The Morgan fingerprint density at radius 2 is 2.06 bits per heavy atom. The first kappa shape index (κ1) is 12.9. The molecule has 1 aliphatic rings. The second kappa shape index (κ2) is 5.38. The van der Waals surface area contributed by atoms with Crippen molar-refractivity contribution in [1.29, 1.82) is 0 Å². The molecule has 1 aliphatic heterocycles. The summed E-state index contributed by atoms with van der Waals surface area (Å²) in [4.78, 5) is 0. The lowest BCUT2D eigenvalue weighted by molar-refractivity contribution is -0.171. The summed E-state index contributed by atoms with van der Waals surface area (Å²) < 4.78 is 17.8. The van der Waals surface area contributed by atoms with E-state index in [0.717, 1.165) is 28.6 Å². The van der Waals surface area contributed by atoms with E-state index < -0.39 is 5.79 Å². The smallest absolute Gasteiger partial charge is 0.195 e. The Balaban J connectivity index is 2.33. The molecule has 4 heteroatoms. The highest BCUT2D eigenvalue weighted by molar-refractivity contribution is 9.10. The summed E-state index contributed by atoms with van der Waals surface area (Å²) in [6.07, 6.45) is 1.88. The van der Waals surface area contributed by atoms with E-state index in [-0.39, 0.29) is 0 Å². The molecule has 0 spiro atoms. The molecule has 1 saturated heterocycles. The van der Waals surface area contributed by atoms with Crippen LogP contribution in [-0.2, 0) is 15.3 Å². The largest absolute Gasteiger partial charge is 0.496 e. The zero-order chi connectivity index (χ0) is 12.3. The topological polar surface area (TPSA) is 27.7 Å². The van der Waals surface area contributed by atoms with Gasteiger partial charge in [-0.15, -0.1) is 0 Å². The van der Waals surface area contributed by atoms with Crippen LogP contribution in [0, 0.1) is 0 Å². The third-order valence-corrected chi connectivity index (χ3v) is 3.54. The van der Waals surface area contributed by atoms with Gasteiger partial charge in [-0.05, 0) is 34.1 Å². The van der Waals surface area contributed by atoms with Gasteiger partial charge < -0.3 is 14.2 Å². The Bertz CT molecular complexity index is 386. The molecule has 1 aromatic rings. The summed E-state index contributed by atoms with van der Waals surface area (Å²) in [5.74, 6) is 0.252. The lowest BCUT2D eigenvalue weighted by Crippen LogP contribution is -2.26. The minimum absolute atomic E-state index is 0.566. The van der Waals surface area contributed by atoms with Gasteiger partial charge in [-0.1, -0.05) is 13.3 Å². The lowest BCUT2D eigenvalue weighted by atomic mass is 10.0. The molecule has 2 rings (SSSR count). The Morgan fingerprint density at radius 3 is 2.59 bits per heavy atom. The fourth-order valence-corrected chi connectivity index (χ4v) is 2.68. The molecule has 94 valence electrons. The molecule has 0 aromatic heterocycles. The summed E-state index contributed by atoms with van der Waals surface area (Å²) in [5, 5.41) is 0. The van der Waals surface area contributed by atoms with E-state index in [4.69, 9.17) is 14.2 Å². The number of hydrogen-bond donors (Lipinski definition) is 0. The van der Waals surface area contributed by atoms with Gasteiger partial charge >= 0.3 is 0 Å². The van der Waals surface area contributed by atoms with Gasteiger partial charge in [-0.25, -0.2) is 0 Å². The van der Waals surface area contributed by atoms with E-state index in [0.29, 0.717) is 13.2 Å². The maximum atomic E-state index is 5.81. The molecule has 0 bridgehead atoms. The molecule has 0 N–H and O–H groups in total. The fourth-order valence-electron chi connectivity index (χ4n) is 2.14. The van der Waals surface area contributed by atoms with Crippen LogP contribution >= 0.6 is 15.9 Å². The highest BCUT2D eigenvalue weighted by Gasteiger charge is 2.37. The molecule has 1 aromatic carbocycles. The van der Waals surface area contributed by atoms with Crippen molar-refractivity contribution in [2.75, 3.05) is 20.3 Å². The molecular weight excluding hydrogens is 284 g/mol. The highest BCUT2D eigenvalue weighted by atomic mass is 79.9. The van der Waals surface area contributed by atoms with Gasteiger partial charge in [0.05, 0.1) is 24.8 Å². The average molecular weight is 301 g/mol. The quantitative estimate of drug-likeness (QED) is 0.852. The van der Waals surface area contributed by atoms with E-state index >= 15 is 0 Å². The van der Waals surface area contributed by atoms with Crippen molar-refractivity contribution in [2.45, 2.75) is 25.6 Å². The molecule has 0 amide bonds. The summed E-state index contributed by atoms with van der Waals surface area (Å²) in [6, 6.07) is 5.95. The van der Waals surface area contributed by atoms with Gasteiger partial charge in [0.1, 0.15) is 5.75 Å². The Hall–Kier alpha value is -0.580. The van der Waals surface area contributed by atoms with Gasteiger partial charge in [0.15, 0.2) is 5.79 Å². The fraction of sp³-hybridized carbons (Fsp3) is 0.538. The minimum Gasteiger partial charge on any atom is -0.496 e. The SMILES string of the molecule is CCCC1(c2ccc(OC)c(Br)c2)OCCO1. The second-order valence-electron chi connectivity index (χ2n) is 4.05. The third-order valence-electron chi connectivity index (χ3n) is 2.92. The van der Waals surface area contributed by atoms with Crippen molar-refractivity contribution < 1.29 is 14.2 Å². The standard InChI is InChI=1S/C13H17BrO3/c1-3-6-13(16-7-8-17-13)10-4-5-12(15-2)11(14)9-10/h4-5,9H,3,6-8H2,1-2H3. The van der Waals surface area contributed by atoms with Crippen molar-refractivity contribution in [2.24, 2.45) is 0 Å². The molecule has 0 atom stereocenters. The van der Waals surface area contributed by atoms with Crippen LogP contribution in [0.1, 0.15) is 25.3 Å². The third kappa shape index (κ3) is 2.49. The molecule has 1 fully saturated rings. The molecule has 1 heterocycles. The second-order valence-corrected chi connectivity index (χ2v) is 4.90. The van der Waals surface area contributed by atoms with Crippen molar-refractivity contribution in [3.05, 3.63) is 28.2 Å². The van der Waals surface area contributed by atoms with Crippen molar-refractivity contribution in [3.63, 3.8) is 0 Å². The molecular formula is C13H17BrO3. The van der Waals surface area contributed by atoms with Crippen LogP contribution in [-0.4, -0.2) is 20.3 Å². The summed E-state index contributed by atoms with van der Waals surface area (Å²) in [6.45, 7) is 3.44. The van der Waals surface area contributed by atoms with Crippen molar-refractivity contribution in [1.82, 2.24) is 0 Å². The molecule has 0 radical (unpaired) electrons. The van der Waals surface area contributed by atoms with Gasteiger partial charge in [0.2, 0.25) is 0 Å². The molecule has 0 aliphatic carbocycles. The Labute approximate surface area is 110 Å². The van der Waals surface area contributed by atoms with E-state index in [1.165, 1.54) is 0 Å². The number of rotatable bonds is 4. The van der Waals surface area contributed by atoms with Crippen LogP contribution in [0.15, 0.2) is 22.7 Å². The molecule has 0 saturated carbocycles. The summed E-state index contributed by atoms with van der Waals surface area (Å²) in [5.41, 5.74) is 1.05. The zero-order valence-corrected chi connectivity index (χ0v) is 11.7. The molecule has 3 nitrogen and oxygen atoms in total. The molecule has 0 unspecified atom stereocenters. The number of methoxy groups -OCH3 is 1. The number of benzene rings is 1. The predicted octanol–water partition coefficient (Wildman–Crippen LogP) is 3.46. The first-order valence-corrected chi connectivity index (χ1v) is 6.63. The van der Waals surface area contributed by atoms with Gasteiger partial charge in [0.25, 0.3) is 0 Å². The van der Waals surface area contributed by atoms with E-state index in [1.807, 2.05) is 18.2 Å². The van der Waals surface area contributed by atoms with Crippen LogP contribution in [0.3, 0.4) is 0 Å². The van der Waals surface area contributed by atoms with Crippen LogP contribution < -0.4 is 4.74 Å². The van der Waals surface area contributed by atoms with Crippen molar-refractivity contribution >= 4 is 15.9 Å². The normalized spacial score (nSPS) is 18.3. The predicted molar refractivity (Wildman–Crippen MR) is 69.2 cm³/mol. The maximum absolute atomic E-state index is 5.81. The van der Waals surface area contributed by atoms with Gasteiger partial charge in [0, 0.05) is 12.0 Å². The average Bonchev–Trinajstić information content (AvgIpc) is 2.79. The van der Waals surface area contributed by atoms with Crippen molar-refractivity contribution in [3.8, 4) is 5.75 Å². The number of ether oxygens (including phenoxy) is 3. The van der Waals surface area contributed by atoms with Crippen LogP contribution in [0.25, 0.3) is 0 Å². The van der Waals surface area contributed by atoms with E-state index in [2.05, 4.69) is 22.9 Å². The summed E-state index contributed by atoms with van der Waals surface area (Å²) in [7, 11) is 1.66.